The zero-order chi connectivity index (χ0) is 21.8. The van der Waals surface area contributed by atoms with Crippen LogP contribution in [0, 0.1) is 17.2 Å². The lowest BCUT2D eigenvalue weighted by molar-refractivity contribution is 0.0398. The van der Waals surface area contributed by atoms with Gasteiger partial charge in [0.15, 0.2) is 0 Å². The Labute approximate surface area is 189 Å². The topological polar surface area (TPSA) is 78.5 Å². The monoisotopic (exact) mass is 430 g/mol. The van der Waals surface area contributed by atoms with Crippen molar-refractivity contribution in [2.45, 2.75) is 31.6 Å². The van der Waals surface area contributed by atoms with Crippen LogP contribution in [0.1, 0.15) is 37.2 Å². The number of nitrogens with zero attached hydrogens (tertiary/aromatic N) is 5. The molecule has 166 valence electrons. The zero-order valence-corrected chi connectivity index (χ0v) is 18.4. The molecule has 0 spiro atoms. The van der Waals surface area contributed by atoms with Gasteiger partial charge in [-0.15, -0.1) is 0 Å². The molecule has 0 unspecified atom stereocenters. The van der Waals surface area contributed by atoms with Crippen molar-refractivity contribution in [1.82, 2.24) is 19.5 Å². The summed E-state index contributed by atoms with van der Waals surface area (Å²) in [5, 5.41) is 17.3. The summed E-state index contributed by atoms with van der Waals surface area (Å²) in [6.07, 6.45) is 9.99. The smallest absolute Gasteiger partial charge is 0.125 e. The Kier molecular flexibility index (Phi) is 6.33. The average Bonchev–Trinajstić information content (AvgIpc) is 3.30. The third-order valence-corrected chi connectivity index (χ3v) is 6.83. The van der Waals surface area contributed by atoms with Gasteiger partial charge in [0, 0.05) is 55.6 Å². The van der Waals surface area contributed by atoms with Crippen LogP contribution in [0.5, 0.6) is 0 Å². The fourth-order valence-corrected chi connectivity index (χ4v) is 4.97. The standard InChI is InChI=1S/C25H30N6O/c26-16-19-3-5-20(6-4-19)22-2-1-10-31-25(22)23(18-29-31)21-7-8-24(28-17-21)27-9-11-30-12-14-32-15-13-30/h1-2,7-8,10,17-20H,3-6,9,11-15H2,(H,27,28). The number of nitrogens with one attached hydrogen (secondary N) is 1. The third-order valence-electron chi connectivity index (χ3n) is 6.83. The Morgan fingerprint density at radius 1 is 1.09 bits per heavy atom. The Hall–Kier alpha value is -2.95. The van der Waals surface area contributed by atoms with Crippen LogP contribution in [-0.4, -0.2) is 58.9 Å². The van der Waals surface area contributed by atoms with E-state index in [9.17, 15) is 5.26 Å². The minimum atomic E-state index is 0.211. The van der Waals surface area contributed by atoms with Crippen molar-refractivity contribution in [3.8, 4) is 17.2 Å². The van der Waals surface area contributed by atoms with Crippen LogP contribution >= 0.6 is 0 Å². The molecule has 0 amide bonds. The van der Waals surface area contributed by atoms with Crippen molar-refractivity contribution >= 4 is 11.3 Å². The molecule has 0 bridgehead atoms. The molecule has 5 rings (SSSR count). The molecule has 1 saturated heterocycles. The summed E-state index contributed by atoms with van der Waals surface area (Å²) in [5.41, 5.74) is 4.71. The van der Waals surface area contributed by atoms with Gasteiger partial charge >= 0.3 is 0 Å². The van der Waals surface area contributed by atoms with E-state index in [4.69, 9.17) is 4.74 Å². The van der Waals surface area contributed by atoms with Gasteiger partial charge in [-0.3, -0.25) is 4.90 Å². The largest absolute Gasteiger partial charge is 0.379 e. The number of nitriles is 1. The van der Waals surface area contributed by atoms with Crippen LogP contribution in [0.4, 0.5) is 5.82 Å². The molecular weight excluding hydrogens is 400 g/mol. The molecule has 3 aromatic rings. The number of pyridine rings is 2. The number of morpholine rings is 1. The Morgan fingerprint density at radius 3 is 2.69 bits per heavy atom. The Balaban J connectivity index is 1.31. The minimum absolute atomic E-state index is 0.211. The molecule has 1 saturated carbocycles. The van der Waals surface area contributed by atoms with E-state index < -0.39 is 0 Å². The Morgan fingerprint density at radius 2 is 1.94 bits per heavy atom. The van der Waals surface area contributed by atoms with Crippen LogP contribution < -0.4 is 5.32 Å². The highest BCUT2D eigenvalue weighted by atomic mass is 16.5. The lowest BCUT2D eigenvalue weighted by Crippen LogP contribution is -2.39. The second-order valence-corrected chi connectivity index (χ2v) is 8.81. The van der Waals surface area contributed by atoms with E-state index in [0.29, 0.717) is 5.92 Å². The summed E-state index contributed by atoms with van der Waals surface area (Å²) >= 11 is 0. The molecule has 1 N–H and O–H groups in total. The van der Waals surface area contributed by atoms with Crippen LogP contribution in [0.3, 0.4) is 0 Å². The molecule has 0 radical (unpaired) electrons. The van der Waals surface area contributed by atoms with Gasteiger partial charge in [-0.2, -0.15) is 10.4 Å². The highest BCUT2D eigenvalue weighted by Crippen LogP contribution is 2.39. The zero-order valence-electron chi connectivity index (χ0n) is 18.4. The van der Waals surface area contributed by atoms with Crippen molar-refractivity contribution in [2.24, 2.45) is 5.92 Å². The summed E-state index contributed by atoms with van der Waals surface area (Å²) in [6.45, 7) is 5.53. The van der Waals surface area contributed by atoms with Gasteiger partial charge < -0.3 is 10.1 Å². The lowest BCUT2D eigenvalue weighted by Gasteiger charge is -2.26. The van der Waals surface area contributed by atoms with E-state index in [1.165, 1.54) is 11.1 Å². The first-order valence-corrected chi connectivity index (χ1v) is 11.7. The molecule has 0 aromatic carbocycles. The summed E-state index contributed by atoms with van der Waals surface area (Å²) in [4.78, 5) is 7.07. The van der Waals surface area contributed by atoms with Gasteiger partial charge in [-0.05, 0) is 55.4 Å². The minimum Gasteiger partial charge on any atom is -0.379 e. The van der Waals surface area contributed by atoms with Crippen LogP contribution in [0.15, 0.2) is 42.9 Å². The maximum atomic E-state index is 9.24. The van der Waals surface area contributed by atoms with Crippen molar-refractivity contribution in [2.75, 3.05) is 44.7 Å². The predicted molar refractivity (Wildman–Crippen MR) is 124 cm³/mol. The van der Waals surface area contributed by atoms with E-state index >= 15 is 0 Å². The van der Waals surface area contributed by atoms with Gasteiger partial charge in [-0.25, -0.2) is 9.50 Å². The molecule has 0 atom stereocenters. The predicted octanol–water partition coefficient (Wildman–Crippen LogP) is 3.94. The quantitative estimate of drug-likeness (QED) is 0.638. The highest BCUT2D eigenvalue weighted by molar-refractivity contribution is 5.82. The number of fused-ring (bicyclic) bond motifs is 1. The van der Waals surface area contributed by atoms with Crippen molar-refractivity contribution < 1.29 is 4.74 Å². The van der Waals surface area contributed by atoms with E-state index in [0.717, 1.165) is 82.0 Å². The molecule has 1 aliphatic heterocycles. The third kappa shape index (κ3) is 4.47. The SMILES string of the molecule is N#CC1CCC(c2cccn3ncc(-c4ccc(NCCN5CCOCC5)nc4)c23)CC1. The molecule has 3 aromatic heterocycles. The van der Waals surface area contributed by atoms with Gasteiger partial charge in [0.2, 0.25) is 0 Å². The van der Waals surface area contributed by atoms with Crippen molar-refractivity contribution in [3.05, 3.63) is 48.4 Å². The van der Waals surface area contributed by atoms with Crippen LogP contribution in [0.25, 0.3) is 16.6 Å². The van der Waals surface area contributed by atoms with Crippen LogP contribution in [-0.2, 0) is 4.74 Å². The molecule has 7 heteroatoms. The number of hydrogen-bond donors (Lipinski definition) is 1. The summed E-state index contributed by atoms with van der Waals surface area (Å²) in [5.74, 6) is 1.59. The lowest BCUT2D eigenvalue weighted by atomic mass is 9.79. The molecular formula is C25H30N6O. The summed E-state index contributed by atoms with van der Waals surface area (Å²) < 4.78 is 7.39. The average molecular weight is 431 g/mol. The molecule has 7 nitrogen and oxygen atoms in total. The number of rotatable bonds is 6. The molecule has 4 heterocycles. The molecule has 32 heavy (non-hydrogen) atoms. The fourth-order valence-electron chi connectivity index (χ4n) is 4.97. The molecule has 2 aliphatic rings. The Bertz CT molecular complexity index is 1070. The van der Waals surface area contributed by atoms with Crippen LogP contribution in [0.2, 0.25) is 0 Å². The van der Waals surface area contributed by atoms with Gasteiger partial charge in [0.25, 0.3) is 0 Å². The second-order valence-electron chi connectivity index (χ2n) is 8.81. The first-order valence-electron chi connectivity index (χ1n) is 11.7. The number of aromatic nitrogens is 3. The maximum absolute atomic E-state index is 9.24. The highest BCUT2D eigenvalue weighted by Gasteiger charge is 2.25. The number of anilines is 1. The molecule has 1 aliphatic carbocycles. The van der Waals surface area contributed by atoms with Gasteiger partial charge in [0.1, 0.15) is 5.82 Å². The summed E-state index contributed by atoms with van der Waals surface area (Å²) in [6, 6.07) is 10.9. The van der Waals surface area contributed by atoms with Gasteiger partial charge in [0.05, 0.1) is 31.0 Å². The second kappa shape index (κ2) is 9.68. The maximum Gasteiger partial charge on any atom is 0.125 e. The number of ether oxygens (including phenoxy) is 1. The first kappa shape index (κ1) is 20.9. The van der Waals surface area contributed by atoms with Gasteiger partial charge in [-0.1, -0.05) is 6.07 Å². The first-order chi connectivity index (χ1) is 15.8. The van der Waals surface area contributed by atoms with E-state index in [1.54, 1.807) is 0 Å². The normalized spacial score (nSPS) is 22.0. The van der Waals surface area contributed by atoms with E-state index in [2.05, 4.69) is 50.6 Å². The number of hydrogen-bond acceptors (Lipinski definition) is 6. The van der Waals surface area contributed by atoms with E-state index in [-0.39, 0.29) is 5.92 Å². The van der Waals surface area contributed by atoms with Crippen molar-refractivity contribution in [1.29, 1.82) is 5.26 Å². The molecule has 2 fully saturated rings. The summed E-state index contributed by atoms with van der Waals surface area (Å²) in [7, 11) is 0. The fraction of sp³-hybridized carbons (Fsp3) is 0.480. The van der Waals surface area contributed by atoms with Crippen molar-refractivity contribution in [3.63, 3.8) is 0 Å². The van der Waals surface area contributed by atoms with E-state index in [1.807, 2.05) is 23.1 Å².